The molecule has 0 aliphatic carbocycles. The molecule has 31 heavy (non-hydrogen) atoms. The molecule has 1 atom stereocenters. The number of amides is 1. The summed E-state index contributed by atoms with van der Waals surface area (Å²) in [5, 5.41) is 1.33. The summed E-state index contributed by atoms with van der Waals surface area (Å²) in [7, 11) is -1.16. The molecule has 2 aromatic carbocycles. The molecule has 162 valence electrons. The third kappa shape index (κ3) is 5.70. The summed E-state index contributed by atoms with van der Waals surface area (Å²) in [6.45, 7) is 2.70. The summed E-state index contributed by atoms with van der Waals surface area (Å²) in [6.07, 6.45) is 0. The lowest BCUT2D eigenvalue weighted by Crippen LogP contribution is -2.48. The van der Waals surface area contributed by atoms with Crippen LogP contribution < -0.4 is 4.90 Å². The molecule has 1 aliphatic heterocycles. The second kappa shape index (κ2) is 9.90. The van der Waals surface area contributed by atoms with Gasteiger partial charge < -0.3 is 14.2 Å². The van der Waals surface area contributed by atoms with Crippen LogP contribution in [0.5, 0.6) is 0 Å². The molecule has 8 heteroatoms. The molecule has 1 aromatic heterocycles. The van der Waals surface area contributed by atoms with Crippen LogP contribution in [0.2, 0.25) is 10.0 Å². The summed E-state index contributed by atoms with van der Waals surface area (Å²) < 4.78 is 18.2. The van der Waals surface area contributed by atoms with Crippen molar-refractivity contribution in [2.24, 2.45) is 0 Å². The van der Waals surface area contributed by atoms with Gasteiger partial charge in [-0.15, -0.1) is 0 Å². The maximum absolute atomic E-state index is 12.8. The highest BCUT2D eigenvalue weighted by atomic mass is 35.5. The number of rotatable bonds is 6. The predicted molar refractivity (Wildman–Crippen MR) is 125 cm³/mol. The van der Waals surface area contributed by atoms with Crippen LogP contribution in [0.3, 0.4) is 0 Å². The predicted octanol–water partition coefficient (Wildman–Crippen LogP) is 5.00. The van der Waals surface area contributed by atoms with Gasteiger partial charge in [-0.2, -0.15) is 0 Å². The molecule has 2 heterocycles. The van der Waals surface area contributed by atoms with Crippen LogP contribution in [0.4, 0.5) is 5.69 Å². The Morgan fingerprint density at radius 3 is 2.35 bits per heavy atom. The second-order valence-electron chi connectivity index (χ2n) is 7.38. The molecule has 0 bridgehead atoms. The normalized spacial score (nSPS) is 15.2. The largest absolute Gasteiger partial charge is 0.455 e. The van der Waals surface area contributed by atoms with Crippen LogP contribution in [0.1, 0.15) is 21.9 Å². The van der Waals surface area contributed by atoms with E-state index in [0.717, 1.165) is 24.3 Å². The monoisotopic (exact) mass is 476 g/mol. The van der Waals surface area contributed by atoms with Gasteiger partial charge in [0.05, 0.1) is 5.75 Å². The third-order valence-electron chi connectivity index (χ3n) is 5.15. The van der Waals surface area contributed by atoms with Crippen LogP contribution in [0, 0.1) is 0 Å². The molecule has 0 radical (unpaired) electrons. The molecule has 0 N–H and O–H groups in total. The van der Waals surface area contributed by atoms with Crippen LogP contribution in [0.15, 0.2) is 65.1 Å². The Balaban J connectivity index is 1.31. The lowest BCUT2D eigenvalue weighted by atomic mass is 10.2. The maximum atomic E-state index is 12.8. The van der Waals surface area contributed by atoms with Crippen molar-refractivity contribution in [2.45, 2.75) is 11.5 Å². The Labute approximate surface area is 194 Å². The Morgan fingerprint density at radius 1 is 0.903 bits per heavy atom. The van der Waals surface area contributed by atoms with E-state index >= 15 is 0 Å². The Morgan fingerprint density at radius 2 is 1.65 bits per heavy atom. The fourth-order valence-corrected chi connectivity index (χ4v) is 5.03. The van der Waals surface area contributed by atoms with Gasteiger partial charge in [0.25, 0.3) is 5.91 Å². The van der Waals surface area contributed by atoms with Crippen LogP contribution in [-0.2, 0) is 22.3 Å². The minimum Gasteiger partial charge on any atom is -0.455 e. The van der Waals surface area contributed by atoms with Gasteiger partial charge in [-0.1, -0.05) is 35.3 Å². The zero-order chi connectivity index (χ0) is 21.8. The minimum absolute atomic E-state index is 0.136. The third-order valence-corrected chi connectivity index (χ3v) is 6.90. The molecule has 1 aliphatic rings. The van der Waals surface area contributed by atoms with Gasteiger partial charge >= 0.3 is 0 Å². The van der Waals surface area contributed by atoms with E-state index in [0.29, 0.717) is 34.6 Å². The highest BCUT2D eigenvalue weighted by Crippen LogP contribution is 2.21. The fourth-order valence-electron chi connectivity index (χ4n) is 3.57. The Bertz CT molecular complexity index is 1080. The van der Waals surface area contributed by atoms with Gasteiger partial charge in [0.1, 0.15) is 5.76 Å². The molecule has 1 saturated heterocycles. The van der Waals surface area contributed by atoms with Crippen molar-refractivity contribution in [1.29, 1.82) is 0 Å². The molecular formula is C23H22Cl2N2O3S. The van der Waals surface area contributed by atoms with Crippen molar-refractivity contribution >= 4 is 45.6 Å². The number of carbonyl (C=O) groups excluding carboxylic acids is 1. The van der Waals surface area contributed by atoms with E-state index in [1.54, 1.807) is 29.2 Å². The van der Waals surface area contributed by atoms with Crippen molar-refractivity contribution in [2.75, 3.05) is 31.1 Å². The smallest absolute Gasteiger partial charge is 0.289 e. The van der Waals surface area contributed by atoms with E-state index in [-0.39, 0.29) is 17.4 Å². The van der Waals surface area contributed by atoms with Crippen molar-refractivity contribution in [3.8, 4) is 0 Å². The first-order chi connectivity index (χ1) is 15.0. The summed E-state index contributed by atoms with van der Waals surface area (Å²) in [5.41, 5.74) is 2.01. The summed E-state index contributed by atoms with van der Waals surface area (Å²) in [4.78, 5) is 16.8. The van der Waals surface area contributed by atoms with Crippen molar-refractivity contribution in [1.82, 2.24) is 4.90 Å². The molecule has 5 nitrogen and oxygen atoms in total. The number of anilines is 1. The molecule has 1 amide bonds. The molecular weight excluding hydrogens is 455 g/mol. The number of nitrogens with zero attached hydrogens (tertiary/aromatic N) is 2. The molecule has 4 rings (SSSR count). The first-order valence-corrected chi connectivity index (χ1v) is 12.2. The number of carbonyl (C=O) groups is 1. The average Bonchev–Trinajstić information content (AvgIpc) is 3.22. The van der Waals surface area contributed by atoms with Crippen molar-refractivity contribution in [3.63, 3.8) is 0 Å². The highest BCUT2D eigenvalue weighted by molar-refractivity contribution is 7.83. The number of furan rings is 1. The van der Waals surface area contributed by atoms with Gasteiger partial charge in [-0.05, 0) is 54.1 Å². The van der Waals surface area contributed by atoms with E-state index < -0.39 is 10.8 Å². The molecule has 3 aromatic rings. The van der Waals surface area contributed by atoms with Gasteiger partial charge in [-0.3, -0.25) is 9.00 Å². The lowest BCUT2D eigenvalue weighted by Gasteiger charge is -2.35. The van der Waals surface area contributed by atoms with E-state index in [4.69, 9.17) is 27.6 Å². The number of halogens is 2. The maximum Gasteiger partial charge on any atom is 0.289 e. The molecule has 0 saturated carbocycles. The van der Waals surface area contributed by atoms with E-state index in [1.165, 1.54) is 0 Å². The molecule has 0 unspecified atom stereocenters. The number of piperazine rings is 1. The van der Waals surface area contributed by atoms with Crippen LogP contribution >= 0.6 is 23.2 Å². The van der Waals surface area contributed by atoms with E-state index in [1.807, 2.05) is 36.4 Å². The Kier molecular flexibility index (Phi) is 7.00. The Hall–Kier alpha value is -2.28. The lowest BCUT2D eigenvalue weighted by molar-refractivity contribution is 0.0713. The second-order valence-corrected chi connectivity index (χ2v) is 9.71. The van der Waals surface area contributed by atoms with Crippen molar-refractivity contribution < 1.29 is 13.4 Å². The fraction of sp³-hybridized carbons (Fsp3) is 0.261. The standard InChI is InChI=1S/C23H22Cl2N2O3S/c24-18-4-6-20(7-5-18)26-10-12-27(13-11-26)23(28)22-9-8-21(30-22)16-31(29)15-17-2-1-3-19(25)14-17/h1-9,14H,10-13,15-16H2/t31-/m0/s1. The minimum atomic E-state index is -1.16. The number of hydrogen-bond acceptors (Lipinski definition) is 4. The van der Waals surface area contributed by atoms with Gasteiger partial charge in [0.15, 0.2) is 5.76 Å². The summed E-state index contributed by atoms with van der Waals surface area (Å²) in [5.74, 6) is 1.34. The molecule has 0 spiro atoms. The van der Waals surface area contributed by atoms with E-state index in [2.05, 4.69) is 4.90 Å². The zero-order valence-corrected chi connectivity index (χ0v) is 19.1. The first kappa shape index (κ1) is 21.9. The SMILES string of the molecule is O=C(c1ccc(C[S@@](=O)Cc2cccc(Cl)c2)o1)N1CCN(c2ccc(Cl)cc2)CC1. The number of hydrogen-bond donors (Lipinski definition) is 0. The summed E-state index contributed by atoms with van der Waals surface area (Å²) >= 11 is 11.9. The average molecular weight is 477 g/mol. The first-order valence-electron chi connectivity index (χ1n) is 9.96. The quantitative estimate of drug-likeness (QED) is 0.502. The van der Waals surface area contributed by atoms with Gasteiger partial charge in [0.2, 0.25) is 0 Å². The summed E-state index contributed by atoms with van der Waals surface area (Å²) in [6, 6.07) is 18.4. The van der Waals surface area contributed by atoms with E-state index in [9.17, 15) is 9.00 Å². The zero-order valence-electron chi connectivity index (χ0n) is 16.8. The van der Waals surface area contributed by atoms with Crippen LogP contribution in [-0.4, -0.2) is 41.2 Å². The van der Waals surface area contributed by atoms with Gasteiger partial charge in [-0.25, -0.2) is 0 Å². The topological polar surface area (TPSA) is 53.8 Å². The van der Waals surface area contributed by atoms with Crippen LogP contribution in [0.25, 0.3) is 0 Å². The molecule has 1 fully saturated rings. The van der Waals surface area contributed by atoms with Gasteiger partial charge in [0, 0.05) is 58.5 Å². The van der Waals surface area contributed by atoms with Crippen molar-refractivity contribution in [3.05, 3.63) is 87.8 Å². The highest BCUT2D eigenvalue weighted by Gasteiger charge is 2.24. The number of benzene rings is 2.